The van der Waals surface area contributed by atoms with Gasteiger partial charge < -0.3 is 14.6 Å². The topological polar surface area (TPSA) is 38.7 Å². The second-order valence-electron chi connectivity index (χ2n) is 2.72. The van der Waals surface area contributed by atoms with Gasteiger partial charge >= 0.3 is 0 Å². The highest BCUT2D eigenvalue weighted by Crippen LogP contribution is 2.13. The summed E-state index contributed by atoms with van der Waals surface area (Å²) < 4.78 is 10.0. The molecule has 0 aromatic carbocycles. The lowest BCUT2D eigenvalue weighted by Gasteiger charge is -2.23. The van der Waals surface area contributed by atoms with Crippen LogP contribution in [0.1, 0.15) is 13.8 Å². The zero-order chi connectivity index (χ0) is 9.56. The van der Waals surface area contributed by atoms with Crippen molar-refractivity contribution in [3.05, 3.63) is 12.2 Å². The summed E-state index contributed by atoms with van der Waals surface area (Å²) in [4.78, 5) is 0. The Hall–Kier alpha value is -0.380. The molecule has 0 heterocycles. The summed E-state index contributed by atoms with van der Waals surface area (Å²) in [7, 11) is 3.13. The molecule has 0 amide bonds. The summed E-state index contributed by atoms with van der Waals surface area (Å²) >= 11 is 0. The van der Waals surface area contributed by atoms with Gasteiger partial charge in [-0.3, -0.25) is 0 Å². The van der Waals surface area contributed by atoms with Gasteiger partial charge in [0.2, 0.25) is 0 Å². The van der Waals surface area contributed by atoms with Crippen LogP contribution in [0, 0.1) is 5.92 Å². The smallest absolute Gasteiger partial charge is 0.162 e. The molecule has 1 N–H and O–H groups in total. The van der Waals surface area contributed by atoms with Gasteiger partial charge in [-0.1, -0.05) is 19.1 Å². The Morgan fingerprint density at radius 3 is 2.08 bits per heavy atom. The van der Waals surface area contributed by atoms with Crippen LogP contribution in [0.3, 0.4) is 0 Å². The van der Waals surface area contributed by atoms with Crippen molar-refractivity contribution < 1.29 is 14.6 Å². The SMILES string of the molecule is C/C=C/[C@@H](O)[C@@H](C)C(OC)OC. The van der Waals surface area contributed by atoms with Crippen LogP contribution in [0.5, 0.6) is 0 Å². The highest BCUT2D eigenvalue weighted by Gasteiger charge is 2.21. The lowest BCUT2D eigenvalue weighted by Crippen LogP contribution is -2.31. The lowest BCUT2D eigenvalue weighted by atomic mass is 10.0. The summed E-state index contributed by atoms with van der Waals surface area (Å²) in [6.07, 6.45) is 2.66. The zero-order valence-electron chi connectivity index (χ0n) is 8.15. The van der Waals surface area contributed by atoms with Crippen molar-refractivity contribution >= 4 is 0 Å². The minimum atomic E-state index is -0.514. The number of ether oxygens (including phenoxy) is 2. The molecule has 72 valence electrons. The lowest BCUT2D eigenvalue weighted by molar-refractivity contribution is -0.149. The minimum absolute atomic E-state index is 0.0591. The molecule has 3 heteroatoms. The molecule has 0 radical (unpaired) electrons. The summed E-state index contributed by atoms with van der Waals surface area (Å²) in [5.41, 5.74) is 0. The predicted molar refractivity (Wildman–Crippen MR) is 47.8 cm³/mol. The van der Waals surface area contributed by atoms with E-state index in [-0.39, 0.29) is 12.2 Å². The number of allylic oxidation sites excluding steroid dienone is 1. The van der Waals surface area contributed by atoms with E-state index in [9.17, 15) is 5.11 Å². The van der Waals surface area contributed by atoms with Crippen LogP contribution in [0.2, 0.25) is 0 Å². The van der Waals surface area contributed by atoms with E-state index in [1.54, 1.807) is 20.3 Å². The number of hydrogen-bond donors (Lipinski definition) is 1. The molecule has 0 aliphatic rings. The van der Waals surface area contributed by atoms with Gasteiger partial charge in [0.25, 0.3) is 0 Å². The van der Waals surface area contributed by atoms with Crippen LogP contribution < -0.4 is 0 Å². The Labute approximate surface area is 74.0 Å². The van der Waals surface area contributed by atoms with Gasteiger partial charge in [-0.15, -0.1) is 0 Å². The molecule has 0 bridgehead atoms. The van der Waals surface area contributed by atoms with Gasteiger partial charge in [0.05, 0.1) is 6.10 Å². The predicted octanol–water partition coefficient (Wildman–Crippen LogP) is 1.18. The molecule has 2 atom stereocenters. The third-order valence-electron chi connectivity index (χ3n) is 1.82. The Morgan fingerprint density at radius 2 is 1.75 bits per heavy atom. The number of aliphatic hydroxyl groups is 1. The molecule has 0 saturated carbocycles. The fraction of sp³-hybridized carbons (Fsp3) is 0.778. The summed E-state index contributed by atoms with van der Waals surface area (Å²) in [5, 5.41) is 9.50. The molecule has 0 fully saturated rings. The largest absolute Gasteiger partial charge is 0.389 e. The number of hydrogen-bond acceptors (Lipinski definition) is 3. The second kappa shape index (κ2) is 6.17. The molecule has 0 aromatic heterocycles. The molecule has 12 heavy (non-hydrogen) atoms. The van der Waals surface area contributed by atoms with Crippen molar-refractivity contribution in [2.45, 2.75) is 26.2 Å². The Kier molecular flexibility index (Phi) is 5.98. The van der Waals surface area contributed by atoms with Gasteiger partial charge in [0.15, 0.2) is 6.29 Å². The maximum atomic E-state index is 9.50. The first kappa shape index (κ1) is 11.6. The molecule has 0 aliphatic carbocycles. The average Bonchev–Trinajstić information content (AvgIpc) is 2.07. The van der Waals surface area contributed by atoms with Crippen LogP contribution in [0.15, 0.2) is 12.2 Å². The van der Waals surface area contributed by atoms with Crippen LogP contribution in [0.4, 0.5) is 0 Å². The van der Waals surface area contributed by atoms with Crippen molar-refractivity contribution in [3.8, 4) is 0 Å². The monoisotopic (exact) mass is 174 g/mol. The standard InChI is InChI=1S/C9H18O3/c1-5-6-8(10)7(2)9(11-3)12-4/h5-10H,1-4H3/b6-5+/t7-,8-/m1/s1. The normalized spacial score (nSPS) is 17.2. The van der Waals surface area contributed by atoms with E-state index in [1.807, 2.05) is 19.9 Å². The summed E-state index contributed by atoms with van der Waals surface area (Å²) in [5.74, 6) is -0.0591. The fourth-order valence-electron chi connectivity index (χ4n) is 1.06. The molecule has 3 nitrogen and oxygen atoms in total. The Balaban J connectivity index is 4.04. The van der Waals surface area contributed by atoms with Crippen LogP contribution in [-0.4, -0.2) is 31.7 Å². The minimum Gasteiger partial charge on any atom is -0.389 e. The number of aliphatic hydroxyl groups excluding tert-OH is 1. The molecule has 0 unspecified atom stereocenters. The van der Waals surface area contributed by atoms with Crippen molar-refractivity contribution in [3.63, 3.8) is 0 Å². The van der Waals surface area contributed by atoms with Crippen molar-refractivity contribution in [1.82, 2.24) is 0 Å². The molecular weight excluding hydrogens is 156 g/mol. The highest BCUT2D eigenvalue weighted by atomic mass is 16.7. The maximum absolute atomic E-state index is 9.50. The number of methoxy groups -OCH3 is 2. The number of rotatable bonds is 5. The fourth-order valence-corrected chi connectivity index (χ4v) is 1.06. The molecule has 0 rings (SSSR count). The van der Waals surface area contributed by atoms with Gasteiger partial charge in [-0.25, -0.2) is 0 Å². The third kappa shape index (κ3) is 3.34. The molecule has 0 aliphatic heterocycles. The van der Waals surface area contributed by atoms with E-state index < -0.39 is 6.10 Å². The van der Waals surface area contributed by atoms with E-state index in [1.165, 1.54) is 0 Å². The van der Waals surface area contributed by atoms with Gasteiger partial charge in [0.1, 0.15) is 0 Å². The first-order chi connectivity index (χ1) is 5.67. The quantitative estimate of drug-likeness (QED) is 0.502. The Bertz CT molecular complexity index is 130. The molecule has 0 spiro atoms. The average molecular weight is 174 g/mol. The molecular formula is C9H18O3. The van der Waals surface area contributed by atoms with Crippen molar-refractivity contribution in [2.24, 2.45) is 5.92 Å². The highest BCUT2D eigenvalue weighted by molar-refractivity contribution is 4.89. The van der Waals surface area contributed by atoms with Gasteiger partial charge in [-0.05, 0) is 6.92 Å². The first-order valence-electron chi connectivity index (χ1n) is 4.03. The second-order valence-corrected chi connectivity index (χ2v) is 2.72. The summed E-state index contributed by atoms with van der Waals surface area (Å²) in [6.45, 7) is 3.74. The van der Waals surface area contributed by atoms with Gasteiger partial charge in [-0.2, -0.15) is 0 Å². The van der Waals surface area contributed by atoms with E-state index in [4.69, 9.17) is 9.47 Å². The van der Waals surface area contributed by atoms with E-state index >= 15 is 0 Å². The van der Waals surface area contributed by atoms with Crippen molar-refractivity contribution in [1.29, 1.82) is 0 Å². The van der Waals surface area contributed by atoms with Crippen molar-refractivity contribution in [2.75, 3.05) is 14.2 Å². The van der Waals surface area contributed by atoms with Gasteiger partial charge in [0, 0.05) is 20.1 Å². The van der Waals surface area contributed by atoms with Crippen LogP contribution in [-0.2, 0) is 9.47 Å². The van der Waals surface area contributed by atoms with E-state index in [0.717, 1.165) is 0 Å². The van der Waals surface area contributed by atoms with Crippen LogP contribution in [0.25, 0.3) is 0 Å². The zero-order valence-corrected chi connectivity index (χ0v) is 8.15. The first-order valence-corrected chi connectivity index (χ1v) is 4.03. The third-order valence-corrected chi connectivity index (χ3v) is 1.82. The maximum Gasteiger partial charge on any atom is 0.162 e. The van der Waals surface area contributed by atoms with E-state index in [0.29, 0.717) is 0 Å². The Morgan fingerprint density at radius 1 is 1.25 bits per heavy atom. The van der Waals surface area contributed by atoms with Crippen LogP contribution >= 0.6 is 0 Å². The summed E-state index contributed by atoms with van der Waals surface area (Å²) in [6, 6.07) is 0. The molecule has 0 saturated heterocycles. The van der Waals surface area contributed by atoms with E-state index in [2.05, 4.69) is 0 Å². The molecule has 0 aromatic rings.